The summed E-state index contributed by atoms with van der Waals surface area (Å²) >= 11 is 0. The van der Waals surface area contributed by atoms with Crippen LogP contribution in [-0.2, 0) is 20.9 Å². The number of aromatic nitrogens is 1. The summed E-state index contributed by atoms with van der Waals surface area (Å²) in [7, 11) is 1.56. The fourth-order valence-corrected chi connectivity index (χ4v) is 1.91. The second-order valence-electron chi connectivity index (χ2n) is 5.14. The summed E-state index contributed by atoms with van der Waals surface area (Å²) in [6.07, 6.45) is 1.49. The molecular formula is C17H17F2N3O4. The standard InChI is InChI=1S/C17H17F2N3O4/c1-25-4-5-26-15-3-2-11(9-20-15)10-21-16(23)17(24)22-14-7-12(18)6-13(19)8-14/h2-3,6-9H,4-5,10H2,1H3,(H,21,23)(H,22,24). The van der Waals surface area contributed by atoms with Gasteiger partial charge in [0.25, 0.3) is 0 Å². The Bertz CT molecular complexity index is 749. The lowest BCUT2D eigenvalue weighted by molar-refractivity contribution is -0.136. The van der Waals surface area contributed by atoms with Crippen LogP contribution in [0.4, 0.5) is 14.5 Å². The van der Waals surface area contributed by atoms with Crippen LogP contribution in [0.5, 0.6) is 5.88 Å². The molecular weight excluding hydrogens is 348 g/mol. The van der Waals surface area contributed by atoms with Gasteiger partial charge in [-0.3, -0.25) is 9.59 Å². The number of amides is 2. The summed E-state index contributed by atoms with van der Waals surface area (Å²) in [4.78, 5) is 27.6. The number of ether oxygens (including phenoxy) is 2. The Hall–Kier alpha value is -3.07. The monoisotopic (exact) mass is 365 g/mol. The van der Waals surface area contributed by atoms with E-state index in [2.05, 4.69) is 15.6 Å². The number of hydrogen-bond donors (Lipinski definition) is 2. The van der Waals surface area contributed by atoms with Crippen molar-refractivity contribution in [3.63, 3.8) is 0 Å². The van der Waals surface area contributed by atoms with Gasteiger partial charge in [-0.2, -0.15) is 0 Å². The van der Waals surface area contributed by atoms with E-state index in [0.717, 1.165) is 12.1 Å². The molecule has 0 aliphatic heterocycles. The summed E-state index contributed by atoms with van der Waals surface area (Å²) in [5.74, 6) is -3.31. The van der Waals surface area contributed by atoms with Gasteiger partial charge < -0.3 is 20.1 Å². The summed E-state index contributed by atoms with van der Waals surface area (Å²) < 4.78 is 36.3. The second-order valence-corrected chi connectivity index (χ2v) is 5.14. The minimum atomic E-state index is -1.04. The van der Waals surface area contributed by atoms with E-state index in [1.165, 1.54) is 6.20 Å². The maximum Gasteiger partial charge on any atom is 0.313 e. The molecule has 0 radical (unpaired) electrons. The van der Waals surface area contributed by atoms with Crippen molar-refractivity contribution >= 4 is 17.5 Å². The fraction of sp³-hybridized carbons (Fsp3) is 0.235. The van der Waals surface area contributed by atoms with E-state index in [4.69, 9.17) is 9.47 Å². The van der Waals surface area contributed by atoms with Gasteiger partial charge in [-0.15, -0.1) is 0 Å². The van der Waals surface area contributed by atoms with Crippen LogP contribution in [0, 0.1) is 11.6 Å². The third-order valence-corrected chi connectivity index (χ3v) is 3.11. The van der Waals surface area contributed by atoms with Gasteiger partial charge in [0.15, 0.2) is 0 Å². The molecule has 0 aliphatic carbocycles. The van der Waals surface area contributed by atoms with Crippen LogP contribution < -0.4 is 15.4 Å². The molecule has 0 spiro atoms. The first-order valence-corrected chi connectivity index (χ1v) is 7.60. The molecule has 7 nitrogen and oxygen atoms in total. The van der Waals surface area contributed by atoms with Crippen LogP contribution in [0.25, 0.3) is 0 Å². The molecule has 2 rings (SSSR count). The van der Waals surface area contributed by atoms with Gasteiger partial charge in [0, 0.05) is 37.7 Å². The highest BCUT2D eigenvalue weighted by Gasteiger charge is 2.14. The molecule has 2 N–H and O–H groups in total. The van der Waals surface area contributed by atoms with Crippen LogP contribution in [0.1, 0.15) is 5.56 Å². The average molecular weight is 365 g/mol. The number of nitrogens with zero attached hydrogens (tertiary/aromatic N) is 1. The van der Waals surface area contributed by atoms with Crippen molar-refractivity contribution in [2.75, 3.05) is 25.6 Å². The van der Waals surface area contributed by atoms with Crippen molar-refractivity contribution in [2.45, 2.75) is 6.54 Å². The first-order valence-electron chi connectivity index (χ1n) is 7.60. The van der Waals surface area contributed by atoms with Crippen LogP contribution in [0.2, 0.25) is 0 Å². The zero-order chi connectivity index (χ0) is 18.9. The molecule has 0 bridgehead atoms. The molecule has 2 amide bonds. The van der Waals surface area contributed by atoms with Crippen LogP contribution in [0.15, 0.2) is 36.5 Å². The van der Waals surface area contributed by atoms with E-state index in [1.807, 2.05) is 0 Å². The van der Waals surface area contributed by atoms with Gasteiger partial charge in [-0.05, 0) is 17.7 Å². The predicted octanol–water partition coefficient (Wildman–Crippen LogP) is 1.64. The molecule has 0 saturated heterocycles. The Morgan fingerprint density at radius 3 is 2.42 bits per heavy atom. The van der Waals surface area contributed by atoms with Crippen LogP contribution in [0.3, 0.4) is 0 Å². The van der Waals surface area contributed by atoms with Crippen molar-refractivity contribution in [3.8, 4) is 5.88 Å². The summed E-state index contributed by atoms with van der Waals surface area (Å²) in [5, 5.41) is 4.50. The number of halogens is 2. The predicted molar refractivity (Wildman–Crippen MR) is 88.4 cm³/mol. The summed E-state index contributed by atoms with van der Waals surface area (Å²) in [5.41, 5.74) is 0.490. The quantitative estimate of drug-likeness (QED) is 0.575. The maximum atomic E-state index is 13.1. The number of pyridine rings is 1. The molecule has 0 atom stereocenters. The maximum absolute atomic E-state index is 13.1. The third-order valence-electron chi connectivity index (χ3n) is 3.11. The minimum Gasteiger partial charge on any atom is -0.475 e. The Morgan fingerprint density at radius 1 is 1.08 bits per heavy atom. The highest BCUT2D eigenvalue weighted by Crippen LogP contribution is 2.12. The van der Waals surface area contributed by atoms with E-state index < -0.39 is 23.4 Å². The Labute approximate surface area is 148 Å². The largest absolute Gasteiger partial charge is 0.475 e. The highest BCUT2D eigenvalue weighted by molar-refractivity contribution is 6.39. The molecule has 0 fully saturated rings. The number of carbonyl (C=O) groups excluding carboxylic acids is 2. The molecule has 9 heteroatoms. The first kappa shape index (κ1) is 19.3. The summed E-state index contributed by atoms with van der Waals surface area (Å²) in [6.45, 7) is 0.847. The van der Waals surface area contributed by atoms with Crippen molar-refractivity contribution in [1.82, 2.24) is 10.3 Å². The van der Waals surface area contributed by atoms with E-state index in [9.17, 15) is 18.4 Å². The number of carbonyl (C=O) groups is 2. The zero-order valence-corrected chi connectivity index (χ0v) is 13.9. The van der Waals surface area contributed by atoms with Crippen molar-refractivity contribution in [2.24, 2.45) is 0 Å². The Balaban J connectivity index is 1.82. The van der Waals surface area contributed by atoms with Gasteiger partial charge in [0.05, 0.1) is 6.61 Å². The van der Waals surface area contributed by atoms with E-state index in [0.29, 0.717) is 30.7 Å². The van der Waals surface area contributed by atoms with Crippen molar-refractivity contribution < 1.29 is 27.8 Å². The van der Waals surface area contributed by atoms with Gasteiger partial charge >= 0.3 is 11.8 Å². The SMILES string of the molecule is COCCOc1ccc(CNC(=O)C(=O)Nc2cc(F)cc(F)c2)cn1. The lowest BCUT2D eigenvalue weighted by atomic mass is 10.2. The number of hydrogen-bond acceptors (Lipinski definition) is 5. The van der Waals surface area contributed by atoms with Crippen molar-refractivity contribution in [1.29, 1.82) is 0 Å². The first-order chi connectivity index (χ1) is 12.5. The molecule has 0 aliphatic rings. The Kier molecular flexibility index (Phi) is 6.98. The molecule has 1 aromatic heterocycles. The summed E-state index contributed by atoms with van der Waals surface area (Å²) in [6, 6.07) is 5.76. The smallest absolute Gasteiger partial charge is 0.313 e. The topological polar surface area (TPSA) is 89.5 Å². The highest BCUT2D eigenvalue weighted by atomic mass is 19.1. The average Bonchev–Trinajstić information content (AvgIpc) is 2.60. The van der Waals surface area contributed by atoms with Gasteiger partial charge in [-0.1, -0.05) is 6.07 Å². The molecule has 26 heavy (non-hydrogen) atoms. The number of benzene rings is 1. The molecule has 0 unspecified atom stereocenters. The zero-order valence-electron chi connectivity index (χ0n) is 13.9. The number of anilines is 1. The lowest BCUT2D eigenvalue weighted by Gasteiger charge is -2.08. The van der Waals surface area contributed by atoms with Gasteiger partial charge in [0.1, 0.15) is 18.2 Å². The lowest BCUT2D eigenvalue weighted by Crippen LogP contribution is -2.35. The number of rotatable bonds is 7. The van der Waals surface area contributed by atoms with E-state index in [-0.39, 0.29) is 12.2 Å². The molecule has 1 heterocycles. The second kappa shape index (κ2) is 9.42. The normalized spacial score (nSPS) is 10.3. The molecule has 0 saturated carbocycles. The van der Waals surface area contributed by atoms with E-state index in [1.54, 1.807) is 19.2 Å². The van der Waals surface area contributed by atoms with Crippen molar-refractivity contribution in [3.05, 3.63) is 53.7 Å². The molecule has 138 valence electrons. The van der Waals surface area contributed by atoms with Crippen LogP contribution in [-0.4, -0.2) is 37.1 Å². The number of methoxy groups -OCH3 is 1. The third kappa shape index (κ3) is 6.10. The molecule has 1 aromatic carbocycles. The molecule has 2 aromatic rings. The minimum absolute atomic E-state index is 0.0507. The van der Waals surface area contributed by atoms with Gasteiger partial charge in [-0.25, -0.2) is 13.8 Å². The Morgan fingerprint density at radius 2 is 1.81 bits per heavy atom. The number of nitrogens with one attached hydrogen (secondary N) is 2. The fourth-order valence-electron chi connectivity index (χ4n) is 1.91. The van der Waals surface area contributed by atoms with E-state index >= 15 is 0 Å². The van der Waals surface area contributed by atoms with Gasteiger partial charge in [0.2, 0.25) is 5.88 Å². The van der Waals surface area contributed by atoms with Crippen LogP contribution >= 0.6 is 0 Å².